The van der Waals surface area contributed by atoms with Crippen molar-refractivity contribution >= 4 is 15.9 Å². The predicted octanol–water partition coefficient (Wildman–Crippen LogP) is 3.84. The Morgan fingerprint density at radius 1 is 1.35 bits per heavy atom. The van der Waals surface area contributed by atoms with Gasteiger partial charge in [-0.05, 0) is 52.7 Å². The topological polar surface area (TPSA) is 48.1 Å². The van der Waals surface area contributed by atoms with E-state index in [-0.39, 0.29) is 18.0 Å². The van der Waals surface area contributed by atoms with E-state index in [1.54, 1.807) is 18.3 Å². The standard InChI is InChI=1S/C15H16BrFN2O/c1-2-13(18)15(14-5-3-4-8-19-14)20-10-6-7-12(17)11(16)9-10/h3-9,13,15H,2,18H2,1H3. The van der Waals surface area contributed by atoms with Crippen LogP contribution < -0.4 is 10.5 Å². The largest absolute Gasteiger partial charge is 0.482 e. The Hall–Kier alpha value is -1.46. The van der Waals surface area contributed by atoms with E-state index in [4.69, 9.17) is 10.5 Å². The van der Waals surface area contributed by atoms with E-state index in [2.05, 4.69) is 20.9 Å². The molecule has 0 saturated heterocycles. The summed E-state index contributed by atoms with van der Waals surface area (Å²) in [5.74, 6) is 0.226. The first-order chi connectivity index (χ1) is 9.61. The van der Waals surface area contributed by atoms with Gasteiger partial charge in [0.15, 0.2) is 6.10 Å². The van der Waals surface area contributed by atoms with Crippen molar-refractivity contribution in [3.63, 3.8) is 0 Å². The molecule has 0 amide bonds. The molecule has 0 aliphatic carbocycles. The Morgan fingerprint density at radius 2 is 2.15 bits per heavy atom. The molecule has 0 aliphatic rings. The van der Waals surface area contributed by atoms with Crippen LogP contribution >= 0.6 is 15.9 Å². The molecule has 1 aromatic carbocycles. The van der Waals surface area contributed by atoms with Crippen molar-refractivity contribution in [2.45, 2.75) is 25.5 Å². The Kier molecular flexibility index (Phi) is 5.09. The summed E-state index contributed by atoms with van der Waals surface area (Å²) in [5, 5.41) is 0. The average molecular weight is 339 g/mol. The maximum atomic E-state index is 13.2. The lowest BCUT2D eigenvalue weighted by Crippen LogP contribution is -2.32. The van der Waals surface area contributed by atoms with E-state index < -0.39 is 0 Å². The van der Waals surface area contributed by atoms with Gasteiger partial charge in [0.2, 0.25) is 0 Å². The van der Waals surface area contributed by atoms with E-state index >= 15 is 0 Å². The third-order valence-corrected chi connectivity index (χ3v) is 3.60. The van der Waals surface area contributed by atoms with Crippen molar-refractivity contribution in [3.8, 4) is 5.75 Å². The van der Waals surface area contributed by atoms with E-state index in [0.29, 0.717) is 10.2 Å². The number of pyridine rings is 1. The highest BCUT2D eigenvalue weighted by molar-refractivity contribution is 9.10. The van der Waals surface area contributed by atoms with Crippen molar-refractivity contribution in [2.75, 3.05) is 0 Å². The van der Waals surface area contributed by atoms with Crippen LogP contribution in [0.2, 0.25) is 0 Å². The zero-order valence-electron chi connectivity index (χ0n) is 11.1. The molecular weight excluding hydrogens is 323 g/mol. The number of rotatable bonds is 5. The monoisotopic (exact) mass is 338 g/mol. The van der Waals surface area contributed by atoms with Gasteiger partial charge in [0.25, 0.3) is 0 Å². The van der Waals surface area contributed by atoms with Crippen LogP contribution in [0, 0.1) is 5.82 Å². The van der Waals surface area contributed by atoms with Crippen LogP contribution in [0.3, 0.4) is 0 Å². The minimum atomic E-state index is -0.362. The minimum Gasteiger partial charge on any atom is -0.482 e. The van der Waals surface area contributed by atoms with E-state index in [1.165, 1.54) is 6.07 Å². The van der Waals surface area contributed by atoms with Crippen LogP contribution in [-0.2, 0) is 0 Å². The molecule has 2 unspecified atom stereocenters. The number of hydrogen-bond acceptors (Lipinski definition) is 3. The molecule has 3 nitrogen and oxygen atoms in total. The van der Waals surface area contributed by atoms with E-state index in [9.17, 15) is 4.39 Å². The van der Waals surface area contributed by atoms with Crippen molar-refractivity contribution in [1.29, 1.82) is 0 Å². The molecule has 2 atom stereocenters. The van der Waals surface area contributed by atoms with Gasteiger partial charge in [-0.3, -0.25) is 4.98 Å². The quantitative estimate of drug-likeness (QED) is 0.900. The van der Waals surface area contributed by atoms with Gasteiger partial charge in [0.1, 0.15) is 11.6 Å². The second-order valence-electron chi connectivity index (χ2n) is 4.44. The smallest absolute Gasteiger partial charge is 0.155 e. The Bertz CT molecular complexity index is 565. The number of aromatic nitrogens is 1. The molecule has 2 aromatic rings. The van der Waals surface area contributed by atoms with E-state index in [0.717, 1.165) is 12.1 Å². The van der Waals surface area contributed by atoms with Gasteiger partial charge in [0.05, 0.1) is 10.2 Å². The van der Waals surface area contributed by atoms with E-state index in [1.807, 2.05) is 25.1 Å². The molecule has 0 spiro atoms. The van der Waals surface area contributed by atoms with Crippen molar-refractivity contribution in [2.24, 2.45) is 5.73 Å². The number of nitrogens with zero attached hydrogens (tertiary/aromatic N) is 1. The second-order valence-corrected chi connectivity index (χ2v) is 5.30. The highest BCUT2D eigenvalue weighted by atomic mass is 79.9. The predicted molar refractivity (Wildman–Crippen MR) is 80.0 cm³/mol. The molecule has 0 fully saturated rings. The maximum Gasteiger partial charge on any atom is 0.155 e. The number of benzene rings is 1. The van der Waals surface area contributed by atoms with Gasteiger partial charge >= 0.3 is 0 Å². The van der Waals surface area contributed by atoms with Crippen LogP contribution in [0.4, 0.5) is 4.39 Å². The molecule has 2 rings (SSSR count). The lowest BCUT2D eigenvalue weighted by molar-refractivity contribution is 0.166. The third kappa shape index (κ3) is 3.55. The van der Waals surface area contributed by atoms with Crippen molar-refractivity contribution in [1.82, 2.24) is 4.98 Å². The first kappa shape index (κ1) is 14.9. The SMILES string of the molecule is CCC(N)C(Oc1ccc(F)c(Br)c1)c1ccccn1. The number of nitrogens with two attached hydrogens (primary N) is 1. The van der Waals surface area contributed by atoms with Crippen LogP contribution in [0.1, 0.15) is 25.1 Å². The lowest BCUT2D eigenvalue weighted by Gasteiger charge is -2.24. The van der Waals surface area contributed by atoms with Crippen LogP contribution in [0.5, 0.6) is 5.75 Å². The summed E-state index contributed by atoms with van der Waals surface area (Å²) in [7, 11) is 0. The molecule has 20 heavy (non-hydrogen) atoms. The molecule has 0 radical (unpaired) electrons. The summed E-state index contributed by atoms with van der Waals surface area (Å²) >= 11 is 3.14. The summed E-state index contributed by atoms with van der Waals surface area (Å²) in [6, 6.07) is 9.94. The van der Waals surface area contributed by atoms with Gasteiger partial charge in [-0.15, -0.1) is 0 Å². The first-order valence-electron chi connectivity index (χ1n) is 6.40. The summed E-state index contributed by atoms with van der Waals surface area (Å²) in [4.78, 5) is 4.29. The lowest BCUT2D eigenvalue weighted by atomic mass is 10.1. The fourth-order valence-corrected chi connectivity index (χ4v) is 2.18. The molecule has 2 N–H and O–H groups in total. The average Bonchev–Trinajstić information content (AvgIpc) is 2.48. The third-order valence-electron chi connectivity index (χ3n) is 2.99. The molecule has 5 heteroatoms. The van der Waals surface area contributed by atoms with Gasteiger partial charge in [-0.1, -0.05) is 13.0 Å². The van der Waals surface area contributed by atoms with Gasteiger partial charge in [-0.2, -0.15) is 0 Å². The molecule has 0 bridgehead atoms. The molecular formula is C15H16BrFN2O. The van der Waals surface area contributed by atoms with Gasteiger partial charge in [0, 0.05) is 12.2 Å². The molecule has 0 aliphatic heterocycles. The zero-order valence-corrected chi connectivity index (χ0v) is 12.7. The summed E-state index contributed by atoms with van der Waals surface area (Å²) < 4.78 is 19.5. The normalized spacial score (nSPS) is 13.8. The van der Waals surface area contributed by atoms with Gasteiger partial charge < -0.3 is 10.5 Å². The number of hydrogen-bond donors (Lipinski definition) is 1. The molecule has 1 aromatic heterocycles. The minimum absolute atomic E-state index is 0.186. The summed E-state index contributed by atoms with van der Waals surface area (Å²) in [5.41, 5.74) is 6.88. The molecule has 0 saturated carbocycles. The molecule has 106 valence electrons. The Labute approximate surface area is 126 Å². The number of halogens is 2. The first-order valence-corrected chi connectivity index (χ1v) is 7.19. The summed E-state index contributed by atoms with van der Waals surface area (Å²) in [6.45, 7) is 1.99. The highest BCUT2D eigenvalue weighted by Crippen LogP contribution is 2.27. The number of ether oxygens (including phenoxy) is 1. The van der Waals surface area contributed by atoms with Crippen molar-refractivity contribution < 1.29 is 9.13 Å². The summed E-state index contributed by atoms with van der Waals surface area (Å²) in [6.07, 6.45) is 2.09. The van der Waals surface area contributed by atoms with Crippen LogP contribution in [0.25, 0.3) is 0 Å². The Balaban J connectivity index is 2.26. The maximum absolute atomic E-state index is 13.2. The van der Waals surface area contributed by atoms with Crippen molar-refractivity contribution in [3.05, 3.63) is 58.6 Å². The Morgan fingerprint density at radius 3 is 2.75 bits per heavy atom. The fraction of sp³-hybridized carbons (Fsp3) is 0.267. The second kappa shape index (κ2) is 6.81. The fourth-order valence-electron chi connectivity index (χ4n) is 1.82. The van der Waals surface area contributed by atoms with Crippen LogP contribution in [0.15, 0.2) is 47.1 Å². The van der Waals surface area contributed by atoms with Crippen LogP contribution in [-0.4, -0.2) is 11.0 Å². The highest BCUT2D eigenvalue weighted by Gasteiger charge is 2.22. The zero-order chi connectivity index (χ0) is 14.5. The van der Waals surface area contributed by atoms with Gasteiger partial charge in [-0.25, -0.2) is 4.39 Å². The molecule has 1 heterocycles.